The summed E-state index contributed by atoms with van der Waals surface area (Å²) in [6.07, 6.45) is 0. The normalized spacial score (nSPS) is 10.2. The standard InChI is InChI=1S/C5H7ClN2OS/c6-5-1-3(7)4(10-5)2-9-8/h1H,2,7-8H2. The monoisotopic (exact) mass is 178 g/mol. The number of rotatable bonds is 2. The zero-order valence-corrected chi connectivity index (χ0v) is 6.71. The van der Waals surface area contributed by atoms with Crippen LogP contribution in [0.2, 0.25) is 4.34 Å². The van der Waals surface area contributed by atoms with E-state index in [-0.39, 0.29) is 0 Å². The van der Waals surface area contributed by atoms with E-state index in [2.05, 4.69) is 4.84 Å². The van der Waals surface area contributed by atoms with Gasteiger partial charge in [0.25, 0.3) is 0 Å². The number of nitrogens with two attached hydrogens (primary N) is 2. The predicted molar refractivity (Wildman–Crippen MR) is 42.7 cm³/mol. The molecular weight excluding hydrogens is 172 g/mol. The molecule has 1 aromatic rings. The smallest absolute Gasteiger partial charge is 0.104 e. The quantitative estimate of drug-likeness (QED) is 0.673. The van der Waals surface area contributed by atoms with E-state index in [0.29, 0.717) is 16.6 Å². The Labute approximate surface area is 67.5 Å². The van der Waals surface area contributed by atoms with Gasteiger partial charge in [-0.25, -0.2) is 5.90 Å². The summed E-state index contributed by atoms with van der Waals surface area (Å²) < 4.78 is 0.657. The molecule has 0 aliphatic rings. The van der Waals surface area contributed by atoms with Gasteiger partial charge >= 0.3 is 0 Å². The molecule has 0 aromatic carbocycles. The van der Waals surface area contributed by atoms with Gasteiger partial charge in [-0.1, -0.05) is 11.6 Å². The average molecular weight is 179 g/mol. The maximum atomic E-state index is 5.64. The summed E-state index contributed by atoms with van der Waals surface area (Å²) in [6, 6.07) is 1.68. The molecular formula is C5H7ClN2OS. The van der Waals surface area contributed by atoms with Crippen LogP contribution >= 0.6 is 22.9 Å². The fraction of sp³-hybridized carbons (Fsp3) is 0.200. The second kappa shape index (κ2) is 3.21. The van der Waals surface area contributed by atoms with E-state index in [0.717, 1.165) is 4.88 Å². The third kappa shape index (κ3) is 1.60. The zero-order valence-electron chi connectivity index (χ0n) is 5.13. The third-order valence-corrected chi connectivity index (χ3v) is 2.28. The summed E-state index contributed by atoms with van der Waals surface area (Å²) in [7, 11) is 0. The molecule has 0 amide bonds. The lowest BCUT2D eigenvalue weighted by molar-refractivity contribution is 0.126. The van der Waals surface area contributed by atoms with E-state index >= 15 is 0 Å². The van der Waals surface area contributed by atoms with Crippen molar-refractivity contribution in [1.29, 1.82) is 0 Å². The molecule has 0 unspecified atom stereocenters. The second-order valence-corrected chi connectivity index (χ2v) is 3.51. The van der Waals surface area contributed by atoms with Crippen LogP contribution in [-0.4, -0.2) is 0 Å². The van der Waals surface area contributed by atoms with Crippen molar-refractivity contribution in [3.63, 3.8) is 0 Å². The van der Waals surface area contributed by atoms with Gasteiger partial charge in [0, 0.05) is 5.69 Å². The van der Waals surface area contributed by atoms with Gasteiger partial charge in [-0.15, -0.1) is 11.3 Å². The van der Waals surface area contributed by atoms with Gasteiger partial charge in [0.15, 0.2) is 0 Å². The highest BCUT2D eigenvalue weighted by Gasteiger charge is 2.03. The number of hydrogen-bond acceptors (Lipinski definition) is 4. The van der Waals surface area contributed by atoms with E-state index in [1.807, 2.05) is 0 Å². The summed E-state index contributed by atoms with van der Waals surface area (Å²) in [4.78, 5) is 5.26. The van der Waals surface area contributed by atoms with Crippen LogP contribution in [0.4, 0.5) is 5.69 Å². The average Bonchev–Trinajstić information content (AvgIpc) is 2.13. The van der Waals surface area contributed by atoms with E-state index < -0.39 is 0 Å². The van der Waals surface area contributed by atoms with E-state index in [1.54, 1.807) is 6.07 Å². The minimum absolute atomic E-state index is 0.323. The maximum Gasteiger partial charge on any atom is 0.104 e. The number of halogens is 1. The molecule has 0 spiro atoms. The van der Waals surface area contributed by atoms with Gasteiger partial charge in [-0.2, -0.15) is 0 Å². The summed E-state index contributed by atoms with van der Waals surface area (Å²) in [6.45, 7) is 0.323. The minimum Gasteiger partial charge on any atom is -0.398 e. The SMILES string of the molecule is NOCc1sc(Cl)cc1N. The first-order chi connectivity index (χ1) is 4.74. The Bertz CT molecular complexity index is 225. The van der Waals surface area contributed by atoms with Crippen LogP contribution in [0.1, 0.15) is 4.88 Å². The van der Waals surface area contributed by atoms with Crippen molar-refractivity contribution in [3.8, 4) is 0 Å². The van der Waals surface area contributed by atoms with Crippen LogP contribution < -0.4 is 11.6 Å². The number of thiophene rings is 1. The molecule has 0 saturated carbocycles. The molecule has 0 bridgehead atoms. The van der Waals surface area contributed by atoms with Crippen LogP contribution in [0.25, 0.3) is 0 Å². The first-order valence-electron chi connectivity index (χ1n) is 2.59. The fourth-order valence-corrected chi connectivity index (χ4v) is 1.72. The Morgan fingerprint density at radius 2 is 2.40 bits per heavy atom. The van der Waals surface area contributed by atoms with Crippen LogP contribution in [-0.2, 0) is 11.4 Å². The zero-order chi connectivity index (χ0) is 7.56. The Morgan fingerprint density at radius 3 is 2.80 bits per heavy atom. The Hall–Kier alpha value is -0.290. The first kappa shape index (κ1) is 7.81. The minimum atomic E-state index is 0.323. The fourth-order valence-electron chi connectivity index (χ4n) is 0.597. The molecule has 4 N–H and O–H groups in total. The summed E-state index contributed by atoms with van der Waals surface area (Å²) in [5.41, 5.74) is 6.16. The molecule has 56 valence electrons. The van der Waals surface area contributed by atoms with Gasteiger partial charge in [0.05, 0.1) is 9.21 Å². The Kier molecular flexibility index (Phi) is 2.50. The van der Waals surface area contributed by atoms with Gasteiger partial charge in [-0.3, -0.25) is 4.84 Å². The van der Waals surface area contributed by atoms with Crippen molar-refractivity contribution in [1.82, 2.24) is 0 Å². The Morgan fingerprint density at radius 1 is 1.70 bits per heavy atom. The van der Waals surface area contributed by atoms with Crippen molar-refractivity contribution in [3.05, 3.63) is 15.3 Å². The largest absolute Gasteiger partial charge is 0.398 e. The van der Waals surface area contributed by atoms with Gasteiger partial charge in [0.2, 0.25) is 0 Å². The lowest BCUT2D eigenvalue weighted by atomic mass is 10.4. The molecule has 1 aromatic heterocycles. The highest BCUT2D eigenvalue weighted by molar-refractivity contribution is 7.16. The summed E-state index contributed by atoms with van der Waals surface area (Å²) >= 11 is 7.02. The molecule has 10 heavy (non-hydrogen) atoms. The summed E-state index contributed by atoms with van der Waals surface area (Å²) in [5.74, 6) is 4.85. The molecule has 0 radical (unpaired) electrons. The van der Waals surface area contributed by atoms with E-state index in [4.69, 9.17) is 23.2 Å². The van der Waals surface area contributed by atoms with Crippen molar-refractivity contribution in [2.24, 2.45) is 5.90 Å². The molecule has 0 aliphatic carbocycles. The molecule has 0 saturated heterocycles. The van der Waals surface area contributed by atoms with Gasteiger partial charge in [-0.05, 0) is 6.07 Å². The maximum absolute atomic E-state index is 5.64. The lowest BCUT2D eigenvalue weighted by Crippen LogP contribution is -1.98. The van der Waals surface area contributed by atoms with E-state index in [1.165, 1.54) is 11.3 Å². The number of hydrogen-bond donors (Lipinski definition) is 2. The molecule has 0 aliphatic heterocycles. The predicted octanol–water partition coefficient (Wildman–Crippen LogP) is 1.37. The molecule has 0 fully saturated rings. The second-order valence-electron chi connectivity index (χ2n) is 1.74. The van der Waals surface area contributed by atoms with Gasteiger partial charge in [0.1, 0.15) is 6.61 Å². The van der Waals surface area contributed by atoms with Crippen molar-refractivity contribution in [2.45, 2.75) is 6.61 Å². The molecule has 3 nitrogen and oxygen atoms in total. The van der Waals surface area contributed by atoms with Gasteiger partial charge < -0.3 is 5.73 Å². The van der Waals surface area contributed by atoms with Crippen molar-refractivity contribution in [2.75, 3.05) is 5.73 Å². The van der Waals surface area contributed by atoms with Crippen LogP contribution in [0.3, 0.4) is 0 Å². The molecule has 0 atom stereocenters. The van der Waals surface area contributed by atoms with Crippen LogP contribution in [0.5, 0.6) is 0 Å². The highest BCUT2D eigenvalue weighted by Crippen LogP contribution is 2.28. The van der Waals surface area contributed by atoms with Crippen molar-refractivity contribution < 1.29 is 4.84 Å². The number of anilines is 1. The topological polar surface area (TPSA) is 61.3 Å². The summed E-state index contributed by atoms with van der Waals surface area (Å²) in [5, 5.41) is 0. The molecule has 5 heteroatoms. The molecule has 1 heterocycles. The highest BCUT2D eigenvalue weighted by atomic mass is 35.5. The van der Waals surface area contributed by atoms with Crippen LogP contribution in [0, 0.1) is 0 Å². The number of nitrogen functional groups attached to an aromatic ring is 1. The lowest BCUT2D eigenvalue weighted by Gasteiger charge is -1.93. The van der Waals surface area contributed by atoms with Crippen molar-refractivity contribution >= 4 is 28.6 Å². The van der Waals surface area contributed by atoms with E-state index in [9.17, 15) is 0 Å². The Balaban J connectivity index is 2.81. The third-order valence-electron chi connectivity index (χ3n) is 1.03. The molecule has 1 rings (SSSR count). The van der Waals surface area contributed by atoms with Crippen LogP contribution in [0.15, 0.2) is 6.07 Å². The first-order valence-corrected chi connectivity index (χ1v) is 3.79.